The molecule has 2 nitrogen and oxygen atoms in total. The number of hydrogen-bond acceptors (Lipinski definition) is 2. The van der Waals surface area contributed by atoms with Crippen LogP contribution < -0.4 is 0 Å². The summed E-state index contributed by atoms with van der Waals surface area (Å²) in [5.41, 5.74) is 0. The van der Waals surface area contributed by atoms with E-state index in [1.807, 2.05) is 0 Å². The van der Waals surface area contributed by atoms with Gasteiger partial charge < -0.3 is 4.74 Å². The number of hydrogen-bond donors (Lipinski definition) is 0. The molecule has 0 aromatic carbocycles. The van der Waals surface area contributed by atoms with E-state index in [0.717, 1.165) is 19.4 Å². The Kier molecular flexibility index (Phi) is 2.90. The Hall–Kier alpha value is -0.550. The molecule has 0 spiro atoms. The van der Waals surface area contributed by atoms with Gasteiger partial charge in [0.2, 0.25) is 0 Å². The van der Waals surface area contributed by atoms with E-state index in [1.165, 1.54) is 0 Å². The lowest BCUT2D eigenvalue weighted by atomic mass is 9.91. The zero-order chi connectivity index (χ0) is 8.27. The fourth-order valence-electron chi connectivity index (χ4n) is 1.41. The van der Waals surface area contributed by atoms with Gasteiger partial charge in [0.05, 0.1) is 18.1 Å². The largest absolute Gasteiger partial charge is 0.378 e. The monoisotopic (exact) mass is 153 g/mol. The molecule has 0 aromatic rings. The summed E-state index contributed by atoms with van der Waals surface area (Å²) in [6, 6.07) is 2.31. The van der Waals surface area contributed by atoms with E-state index in [1.54, 1.807) is 0 Å². The van der Waals surface area contributed by atoms with Crippen LogP contribution in [0.4, 0.5) is 0 Å². The van der Waals surface area contributed by atoms with Crippen molar-refractivity contribution in [3.05, 3.63) is 0 Å². The van der Waals surface area contributed by atoms with Crippen molar-refractivity contribution in [3.8, 4) is 6.07 Å². The van der Waals surface area contributed by atoms with Crippen molar-refractivity contribution in [2.45, 2.75) is 32.8 Å². The second-order valence-electron chi connectivity index (χ2n) is 3.50. The van der Waals surface area contributed by atoms with Crippen LogP contribution in [0.3, 0.4) is 0 Å². The van der Waals surface area contributed by atoms with Gasteiger partial charge in [0.15, 0.2) is 0 Å². The van der Waals surface area contributed by atoms with Crippen LogP contribution in [-0.4, -0.2) is 12.7 Å². The molecule has 2 atom stereocenters. The Balaban J connectivity index is 2.41. The molecule has 1 saturated heterocycles. The van der Waals surface area contributed by atoms with Gasteiger partial charge in [-0.05, 0) is 18.8 Å². The average molecular weight is 153 g/mol. The van der Waals surface area contributed by atoms with Crippen LogP contribution in [-0.2, 0) is 4.74 Å². The van der Waals surface area contributed by atoms with E-state index in [9.17, 15) is 0 Å². The third-order valence-corrected chi connectivity index (χ3v) is 2.24. The van der Waals surface area contributed by atoms with Crippen molar-refractivity contribution in [2.75, 3.05) is 6.61 Å². The highest BCUT2D eigenvalue weighted by atomic mass is 16.5. The van der Waals surface area contributed by atoms with Crippen LogP contribution in [0.1, 0.15) is 26.7 Å². The van der Waals surface area contributed by atoms with E-state index in [2.05, 4.69) is 19.9 Å². The molecule has 1 aliphatic rings. The normalized spacial score (nSPS) is 31.8. The fourth-order valence-corrected chi connectivity index (χ4v) is 1.41. The van der Waals surface area contributed by atoms with Crippen molar-refractivity contribution in [3.63, 3.8) is 0 Å². The molecule has 1 rings (SSSR count). The molecular formula is C9H15NO. The first-order chi connectivity index (χ1) is 5.24. The molecule has 0 N–H and O–H groups in total. The predicted octanol–water partition coefficient (Wildman–Crippen LogP) is 1.96. The Morgan fingerprint density at radius 3 is 2.82 bits per heavy atom. The summed E-state index contributed by atoms with van der Waals surface area (Å²) in [7, 11) is 0. The molecule has 0 amide bonds. The zero-order valence-corrected chi connectivity index (χ0v) is 7.21. The summed E-state index contributed by atoms with van der Waals surface area (Å²) < 4.78 is 5.52. The Morgan fingerprint density at radius 2 is 2.27 bits per heavy atom. The van der Waals surface area contributed by atoms with Gasteiger partial charge in [-0.25, -0.2) is 0 Å². The van der Waals surface area contributed by atoms with Gasteiger partial charge >= 0.3 is 0 Å². The van der Waals surface area contributed by atoms with E-state index in [0.29, 0.717) is 12.0 Å². The first-order valence-electron chi connectivity index (χ1n) is 4.25. The lowest BCUT2D eigenvalue weighted by molar-refractivity contribution is -0.0242. The third-order valence-electron chi connectivity index (χ3n) is 2.24. The molecule has 0 radical (unpaired) electrons. The SMILES string of the molecule is CC(C)C1CC(C#N)CCO1. The number of ether oxygens (including phenoxy) is 1. The van der Waals surface area contributed by atoms with Gasteiger partial charge in [0.1, 0.15) is 0 Å². The summed E-state index contributed by atoms with van der Waals surface area (Å²) in [6.07, 6.45) is 2.15. The molecule has 1 aliphatic heterocycles. The maximum atomic E-state index is 8.69. The van der Waals surface area contributed by atoms with Gasteiger partial charge in [0, 0.05) is 6.61 Å². The van der Waals surface area contributed by atoms with Crippen molar-refractivity contribution in [2.24, 2.45) is 11.8 Å². The third kappa shape index (κ3) is 2.20. The molecule has 62 valence electrons. The molecule has 1 heterocycles. The average Bonchev–Trinajstić information content (AvgIpc) is 2.05. The standard InChI is InChI=1S/C9H15NO/c1-7(2)9-5-8(6-10)3-4-11-9/h7-9H,3-5H2,1-2H3. The second-order valence-corrected chi connectivity index (χ2v) is 3.50. The fraction of sp³-hybridized carbons (Fsp3) is 0.889. The van der Waals surface area contributed by atoms with Gasteiger partial charge in [-0.2, -0.15) is 5.26 Å². The number of rotatable bonds is 1. The minimum Gasteiger partial charge on any atom is -0.378 e. The summed E-state index contributed by atoms with van der Waals surface area (Å²) in [5.74, 6) is 0.780. The highest BCUT2D eigenvalue weighted by molar-refractivity contribution is 4.87. The van der Waals surface area contributed by atoms with E-state index >= 15 is 0 Å². The second kappa shape index (κ2) is 3.73. The smallest absolute Gasteiger partial charge is 0.0657 e. The zero-order valence-electron chi connectivity index (χ0n) is 7.21. The Morgan fingerprint density at radius 1 is 1.55 bits per heavy atom. The van der Waals surface area contributed by atoms with Crippen molar-refractivity contribution in [1.29, 1.82) is 5.26 Å². The highest BCUT2D eigenvalue weighted by Gasteiger charge is 2.24. The topological polar surface area (TPSA) is 33.0 Å². The van der Waals surface area contributed by atoms with Crippen molar-refractivity contribution < 1.29 is 4.74 Å². The van der Waals surface area contributed by atoms with E-state index < -0.39 is 0 Å². The molecule has 11 heavy (non-hydrogen) atoms. The van der Waals surface area contributed by atoms with Crippen LogP contribution >= 0.6 is 0 Å². The van der Waals surface area contributed by atoms with E-state index in [4.69, 9.17) is 10.00 Å². The molecule has 1 fully saturated rings. The van der Waals surface area contributed by atoms with Crippen LogP contribution in [0.2, 0.25) is 0 Å². The lowest BCUT2D eigenvalue weighted by Crippen LogP contribution is -2.29. The summed E-state index contributed by atoms with van der Waals surface area (Å²) in [4.78, 5) is 0. The molecule has 0 bridgehead atoms. The van der Waals surface area contributed by atoms with Crippen molar-refractivity contribution >= 4 is 0 Å². The van der Waals surface area contributed by atoms with Gasteiger partial charge in [-0.15, -0.1) is 0 Å². The minimum atomic E-state index is 0.233. The molecular weight excluding hydrogens is 138 g/mol. The number of nitriles is 1. The summed E-state index contributed by atoms with van der Waals surface area (Å²) in [5, 5.41) is 8.69. The Labute approximate surface area is 68.2 Å². The maximum absolute atomic E-state index is 8.69. The molecule has 0 aliphatic carbocycles. The van der Waals surface area contributed by atoms with Crippen LogP contribution in [0.25, 0.3) is 0 Å². The van der Waals surface area contributed by atoms with Crippen molar-refractivity contribution in [1.82, 2.24) is 0 Å². The van der Waals surface area contributed by atoms with Gasteiger partial charge in [-0.3, -0.25) is 0 Å². The lowest BCUT2D eigenvalue weighted by Gasteiger charge is -2.28. The number of nitrogens with zero attached hydrogens (tertiary/aromatic N) is 1. The summed E-state index contributed by atoms with van der Waals surface area (Å²) >= 11 is 0. The van der Waals surface area contributed by atoms with Crippen LogP contribution in [0.15, 0.2) is 0 Å². The Bertz CT molecular complexity index is 159. The molecule has 2 unspecified atom stereocenters. The summed E-state index contributed by atoms with van der Waals surface area (Å²) in [6.45, 7) is 5.05. The first-order valence-corrected chi connectivity index (χ1v) is 4.25. The maximum Gasteiger partial charge on any atom is 0.0657 e. The molecule has 0 saturated carbocycles. The van der Waals surface area contributed by atoms with Crippen LogP contribution in [0, 0.1) is 23.2 Å². The minimum absolute atomic E-state index is 0.233. The predicted molar refractivity (Wildman–Crippen MR) is 42.9 cm³/mol. The highest BCUT2D eigenvalue weighted by Crippen LogP contribution is 2.23. The molecule has 0 aromatic heterocycles. The van der Waals surface area contributed by atoms with Crippen LogP contribution in [0.5, 0.6) is 0 Å². The van der Waals surface area contributed by atoms with Gasteiger partial charge in [0.25, 0.3) is 0 Å². The quantitative estimate of drug-likeness (QED) is 0.577. The van der Waals surface area contributed by atoms with E-state index in [-0.39, 0.29) is 5.92 Å². The van der Waals surface area contributed by atoms with Gasteiger partial charge in [-0.1, -0.05) is 13.8 Å². The first kappa shape index (κ1) is 8.55. The molecule has 2 heteroatoms.